The van der Waals surface area contributed by atoms with Crippen LogP contribution in [0.2, 0.25) is 0 Å². The molecule has 0 bridgehead atoms. The van der Waals surface area contributed by atoms with Crippen molar-refractivity contribution < 1.29 is 10.2 Å². The Kier molecular flexibility index (Phi) is 2.53. The summed E-state index contributed by atoms with van der Waals surface area (Å²) in [4.78, 5) is 6.98. The lowest BCUT2D eigenvalue weighted by Gasteiger charge is -2.25. The van der Waals surface area contributed by atoms with E-state index in [0.717, 1.165) is 29.8 Å². The topological polar surface area (TPSA) is 56.6 Å². The van der Waals surface area contributed by atoms with Crippen molar-refractivity contribution in [2.45, 2.75) is 0 Å². The summed E-state index contributed by atoms with van der Waals surface area (Å²) < 4.78 is 0. The van der Waals surface area contributed by atoms with Crippen LogP contribution in [-0.4, -0.2) is 41.5 Å². The first-order chi connectivity index (χ1) is 9.78. The minimum absolute atomic E-state index is 0.0951. The quantitative estimate of drug-likeness (QED) is 0.882. The Morgan fingerprint density at radius 2 is 1.75 bits per heavy atom. The maximum Gasteiger partial charge on any atom is 0.129 e. The number of nitrogens with zero attached hydrogens (tertiary/aromatic N) is 2. The van der Waals surface area contributed by atoms with Gasteiger partial charge in [-0.2, -0.15) is 0 Å². The largest absolute Gasteiger partial charge is 0.396 e. The van der Waals surface area contributed by atoms with Crippen LogP contribution in [0.3, 0.4) is 0 Å². The van der Waals surface area contributed by atoms with Crippen molar-refractivity contribution in [3.63, 3.8) is 0 Å². The highest BCUT2D eigenvalue weighted by atomic mass is 16.3. The lowest BCUT2D eigenvalue weighted by Crippen LogP contribution is -2.32. The summed E-state index contributed by atoms with van der Waals surface area (Å²) in [6.07, 6.45) is 0. The van der Waals surface area contributed by atoms with E-state index in [9.17, 15) is 10.2 Å². The molecule has 0 amide bonds. The van der Waals surface area contributed by atoms with Crippen molar-refractivity contribution in [1.82, 2.24) is 4.98 Å². The zero-order valence-electron chi connectivity index (χ0n) is 11.2. The van der Waals surface area contributed by atoms with Gasteiger partial charge in [-0.3, -0.25) is 0 Å². The summed E-state index contributed by atoms with van der Waals surface area (Å²) in [6, 6.07) is 12.3. The molecule has 2 aromatic rings. The third-order valence-electron chi connectivity index (χ3n) is 5.18. The SMILES string of the molecule is OCC1(CO)C2CN(c3ccc4ccccc4n3)CC21. The van der Waals surface area contributed by atoms with E-state index in [0.29, 0.717) is 11.8 Å². The summed E-state index contributed by atoms with van der Waals surface area (Å²) in [5, 5.41) is 20.1. The maximum absolute atomic E-state index is 9.47. The molecule has 104 valence electrons. The van der Waals surface area contributed by atoms with Crippen LogP contribution in [0.25, 0.3) is 10.9 Å². The maximum atomic E-state index is 9.47. The van der Waals surface area contributed by atoms with Crippen LogP contribution in [0.4, 0.5) is 5.82 Å². The van der Waals surface area contributed by atoms with Crippen LogP contribution in [0, 0.1) is 17.3 Å². The molecule has 0 radical (unpaired) electrons. The number of fused-ring (bicyclic) bond motifs is 2. The van der Waals surface area contributed by atoms with Crippen molar-refractivity contribution in [2.75, 3.05) is 31.2 Å². The van der Waals surface area contributed by atoms with Gasteiger partial charge >= 0.3 is 0 Å². The van der Waals surface area contributed by atoms with E-state index in [4.69, 9.17) is 4.98 Å². The second-order valence-electron chi connectivity index (χ2n) is 6.03. The second-order valence-corrected chi connectivity index (χ2v) is 6.03. The predicted molar refractivity (Wildman–Crippen MR) is 77.5 cm³/mol. The van der Waals surface area contributed by atoms with Crippen molar-refractivity contribution >= 4 is 16.7 Å². The Hall–Kier alpha value is -1.65. The molecule has 2 atom stereocenters. The number of anilines is 1. The summed E-state index contributed by atoms with van der Waals surface area (Å²) in [7, 11) is 0. The number of para-hydroxylation sites is 1. The van der Waals surface area contributed by atoms with Gasteiger partial charge in [0.1, 0.15) is 5.82 Å². The van der Waals surface area contributed by atoms with Crippen LogP contribution in [-0.2, 0) is 0 Å². The molecule has 2 fully saturated rings. The molecule has 1 aliphatic heterocycles. The molecule has 1 aromatic heterocycles. The molecule has 4 rings (SSSR count). The Balaban J connectivity index is 1.58. The summed E-state index contributed by atoms with van der Waals surface area (Å²) >= 11 is 0. The molecule has 1 saturated carbocycles. The average molecular weight is 270 g/mol. The lowest BCUT2D eigenvalue weighted by molar-refractivity contribution is 0.109. The molecule has 2 aliphatic rings. The minimum Gasteiger partial charge on any atom is -0.396 e. The molecular formula is C16H18N2O2. The van der Waals surface area contributed by atoms with E-state index >= 15 is 0 Å². The number of hydrogen-bond donors (Lipinski definition) is 2. The van der Waals surface area contributed by atoms with Gasteiger partial charge in [0.05, 0.1) is 18.7 Å². The second kappa shape index (κ2) is 4.17. The highest BCUT2D eigenvalue weighted by Crippen LogP contribution is 2.62. The third kappa shape index (κ3) is 1.52. The highest BCUT2D eigenvalue weighted by Gasteiger charge is 2.67. The molecule has 1 aliphatic carbocycles. The Bertz CT molecular complexity index is 640. The molecule has 20 heavy (non-hydrogen) atoms. The van der Waals surface area contributed by atoms with Gasteiger partial charge < -0.3 is 15.1 Å². The Labute approximate surface area is 117 Å². The van der Waals surface area contributed by atoms with E-state index in [2.05, 4.69) is 23.1 Å². The van der Waals surface area contributed by atoms with Crippen LogP contribution >= 0.6 is 0 Å². The molecule has 4 nitrogen and oxygen atoms in total. The van der Waals surface area contributed by atoms with Gasteiger partial charge in [-0.25, -0.2) is 4.98 Å². The number of benzene rings is 1. The van der Waals surface area contributed by atoms with Gasteiger partial charge in [0, 0.05) is 23.9 Å². The fraction of sp³-hybridized carbons (Fsp3) is 0.438. The number of piperidine rings is 1. The predicted octanol–water partition coefficient (Wildman–Crippen LogP) is 1.27. The number of aliphatic hydroxyl groups is 2. The fourth-order valence-corrected chi connectivity index (χ4v) is 3.78. The molecule has 1 saturated heterocycles. The molecule has 4 heteroatoms. The van der Waals surface area contributed by atoms with Gasteiger partial charge in [0.2, 0.25) is 0 Å². The molecular weight excluding hydrogens is 252 g/mol. The number of pyridine rings is 1. The van der Waals surface area contributed by atoms with Gasteiger partial charge in [0.15, 0.2) is 0 Å². The summed E-state index contributed by atoms with van der Waals surface area (Å²) in [5.41, 5.74) is 0.786. The minimum atomic E-state index is -0.229. The third-order valence-corrected chi connectivity index (χ3v) is 5.18. The molecule has 1 aromatic carbocycles. The zero-order chi connectivity index (χ0) is 13.7. The van der Waals surface area contributed by atoms with E-state index in [1.54, 1.807) is 0 Å². The molecule has 2 unspecified atom stereocenters. The van der Waals surface area contributed by atoms with Crippen molar-refractivity contribution in [3.05, 3.63) is 36.4 Å². The standard InChI is InChI=1S/C16H18N2O2/c19-9-16(10-20)12-7-18(8-13(12)16)15-6-5-11-3-1-2-4-14(11)17-15/h1-6,12-13,19-20H,7-10H2. The number of aliphatic hydroxyl groups excluding tert-OH is 2. The van der Waals surface area contributed by atoms with E-state index in [-0.39, 0.29) is 18.6 Å². The normalized spacial score (nSPS) is 26.8. The van der Waals surface area contributed by atoms with Gasteiger partial charge in [-0.15, -0.1) is 0 Å². The number of rotatable bonds is 3. The summed E-state index contributed by atoms with van der Waals surface area (Å²) in [6.45, 7) is 1.96. The van der Waals surface area contributed by atoms with E-state index < -0.39 is 0 Å². The molecule has 2 N–H and O–H groups in total. The molecule has 2 heterocycles. The number of hydrogen-bond acceptors (Lipinski definition) is 4. The first-order valence-electron chi connectivity index (χ1n) is 7.11. The first-order valence-corrected chi connectivity index (χ1v) is 7.11. The van der Waals surface area contributed by atoms with Gasteiger partial charge in [-0.1, -0.05) is 18.2 Å². The smallest absolute Gasteiger partial charge is 0.129 e. The van der Waals surface area contributed by atoms with Crippen molar-refractivity contribution in [1.29, 1.82) is 0 Å². The monoisotopic (exact) mass is 270 g/mol. The van der Waals surface area contributed by atoms with E-state index in [1.165, 1.54) is 0 Å². The van der Waals surface area contributed by atoms with Crippen LogP contribution in [0.15, 0.2) is 36.4 Å². The van der Waals surface area contributed by atoms with Gasteiger partial charge in [0.25, 0.3) is 0 Å². The van der Waals surface area contributed by atoms with Gasteiger partial charge in [-0.05, 0) is 30.0 Å². The fourth-order valence-electron chi connectivity index (χ4n) is 3.78. The van der Waals surface area contributed by atoms with Crippen LogP contribution in [0.1, 0.15) is 0 Å². The van der Waals surface area contributed by atoms with Crippen molar-refractivity contribution in [3.8, 4) is 0 Å². The lowest BCUT2D eigenvalue weighted by atomic mass is 10.0. The Morgan fingerprint density at radius 1 is 1.05 bits per heavy atom. The zero-order valence-corrected chi connectivity index (χ0v) is 11.2. The van der Waals surface area contributed by atoms with Crippen LogP contribution in [0.5, 0.6) is 0 Å². The summed E-state index contributed by atoms with van der Waals surface area (Å²) in [5.74, 6) is 1.82. The Morgan fingerprint density at radius 3 is 2.45 bits per heavy atom. The highest BCUT2D eigenvalue weighted by molar-refractivity contribution is 5.80. The average Bonchev–Trinajstić information content (AvgIpc) is 2.87. The van der Waals surface area contributed by atoms with E-state index in [1.807, 2.05) is 18.2 Å². The first kappa shape index (κ1) is 12.1. The van der Waals surface area contributed by atoms with Crippen LogP contribution < -0.4 is 4.90 Å². The molecule has 0 spiro atoms. The van der Waals surface area contributed by atoms with Crippen molar-refractivity contribution in [2.24, 2.45) is 17.3 Å². The number of aromatic nitrogens is 1.